The minimum absolute atomic E-state index is 0.00712. The summed E-state index contributed by atoms with van der Waals surface area (Å²) >= 11 is 19.7. The summed E-state index contributed by atoms with van der Waals surface area (Å²) in [5, 5.41) is 4.15. The van der Waals surface area contributed by atoms with Crippen molar-refractivity contribution in [3.8, 4) is 0 Å². The third-order valence-electron chi connectivity index (χ3n) is 8.48. The maximum atomic E-state index is 14.7. The van der Waals surface area contributed by atoms with Crippen molar-refractivity contribution >= 4 is 62.3 Å². The molecule has 7 nitrogen and oxygen atoms in total. The number of carbonyl (C=O) groups is 2. The van der Waals surface area contributed by atoms with Crippen molar-refractivity contribution in [1.82, 2.24) is 10.2 Å². The van der Waals surface area contributed by atoms with E-state index >= 15 is 0 Å². The minimum atomic E-state index is -4.26. The molecule has 0 aromatic heterocycles. The molecule has 0 unspecified atom stereocenters. The molecule has 1 saturated carbocycles. The molecule has 1 fully saturated rings. The lowest BCUT2D eigenvalue weighted by atomic mass is 10.0. The van der Waals surface area contributed by atoms with E-state index in [0.29, 0.717) is 26.2 Å². The molecule has 246 valence electrons. The lowest BCUT2D eigenvalue weighted by molar-refractivity contribution is -0.140. The van der Waals surface area contributed by atoms with Gasteiger partial charge in [0.15, 0.2) is 0 Å². The van der Waals surface area contributed by atoms with E-state index in [1.54, 1.807) is 61.5 Å². The van der Waals surface area contributed by atoms with Gasteiger partial charge in [0.2, 0.25) is 11.8 Å². The highest BCUT2D eigenvalue weighted by molar-refractivity contribution is 7.92. The van der Waals surface area contributed by atoms with Crippen molar-refractivity contribution in [3.63, 3.8) is 0 Å². The molecule has 1 N–H and O–H groups in total. The van der Waals surface area contributed by atoms with E-state index in [0.717, 1.165) is 35.6 Å². The van der Waals surface area contributed by atoms with Gasteiger partial charge in [0.1, 0.15) is 12.6 Å². The maximum Gasteiger partial charge on any atom is 0.264 e. The van der Waals surface area contributed by atoms with Gasteiger partial charge < -0.3 is 10.2 Å². The number of amides is 2. The summed E-state index contributed by atoms with van der Waals surface area (Å²) in [7, 11) is -4.26. The molecule has 0 bridgehead atoms. The van der Waals surface area contributed by atoms with Crippen LogP contribution in [0.15, 0.2) is 102 Å². The van der Waals surface area contributed by atoms with Crippen molar-refractivity contribution in [2.75, 3.05) is 10.8 Å². The summed E-state index contributed by atoms with van der Waals surface area (Å²) in [6, 6.07) is 26.2. The van der Waals surface area contributed by atoms with Gasteiger partial charge in [0.25, 0.3) is 10.0 Å². The Balaban J connectivity index is 1.61. The molecule has 0 saturated heterocycles. The van der Waals surface area contributed by atoms with Crippen LogP contribution in [0.4, 0.5) is 5.69 Å². The van der Waals surface area contributed by atoms with Gasteiger partial charge in [-0.1, -0.05) is 108 Å². The minimum Gasteiger partial charge on any atom is -0.352 e. The van der Waals surface area contributed by atoms with Gasteiger partial charge in [-0.2, -0.15) is 0 Å². The largest absolute Gasteiger partial charge is 0.352 e. The van der Waals surface area contributed by atoms with Crippen LogP contribution in [0.25, 0.3) is 0 Å². The number of hydrogen-bond acceptors (Lipinski definition) is 4. The number of carbonyl (C=O) groups excluding carboxylic acids is 2. The molecule has 0 spiro atoms. The molecule has 47 heavy (non-hydrogen) atoms. The second-order valence-corrected chi connectivity index (χ2v) is 14.7. The monoisotopic (exact) mass is 711 g/mol. The van der Waals surface area contributed by atoms with Crippen LogP contribution in [0, 0.1) is 6.92 Å². The average molecular weight is 713 g/mol. The Morgan fingerprint density at radius 3 is 2.02 bits per heavy atom. The third-order valence-corrected chi connectivity index (χ3v) is 11.4. The van der Waals surface area contributed by atoms with Crippen LogP contribution in [0.1, 0.15) is 42.4 Å². The maximum absolute atomic E-state index is 14.7. The Labute approximate surface area is 291 Å². The second kappa shape index (κ2) is 15.6. The normalized spacial score (nSPS) is 14.0. The molecule has 0 aliphatic heterocycles. The summed E-state index contributed by atoms with van der Waals surface area (Å²) in [5.74, 6) is -0.934. The van der Waals surface area contributed by atoms with E-state index in [9.17, 15) is 18.0 Å². The molecular weight excluding hydrogens is 677 g/mol. The number of sulfonamides is 1. The molecule has 1 atom stereocenters. The Morgan fingerprint density at radius 2 is 1.38 bits per heavy atom. The van der Waals surface area contributed by atoms with Crippen LogP contribution < -0.4 is 9.62 Å². The second-order valence-electron chi connectivity index (χ2n) is 11.6. The number of benzene rings is 4. The lowest BCUT2D eigenvalue weighted by Crippen LogP contribution is -2.54. The van der Waals surface area contributed by atoms with Crippen molar-refractivity contribution in [2.24, 2.45) is 0 Å². The quantitative estimate of drug-likeness (QED) is 0.162. The Hall–Kier alpha value is -3.56. The average Bonchev–Trinajstić information content (AvgIpc) is 3.58. The fourth-order valence-electron chi connectivity index (χ4n) is 5.87. The van der Waals surface area contributed by atoms with E-state index < -0.39 is 28.5 Å². The van der Waals surface area contributed by atoms with Crippen molar-refractivity contribution in [1.29, 1.82) is 0 Å². The van der Waals surface area contributed by atoms with Crippen LogP contribution in [0.5, 0.6) is 0 Å². The summed E-state index contributed by atoms with van der Waals surface area (Å²) in [6.07, 6.45) is 3.92. The summed E-state index contributed by atoms with van der Waals surface area (Å²) in [6.45, 7) is 0.966. The zero-order valence-corrected chi connectivity index (χ0v) is 29.0. The van der Waals surface area contributed by atoms with E-state index in [4.69, 9.17) is 34.8 Å². The first-order valence-corrected chi connectivity index (χ1v) is 18.0. The van der Waals surface area contributed by atoms with E-state index in [1.165, 1.54) is 17.0 Å². The van der Waals surface area contributed by atoms with Gasteiger partial charge in [-0.15, -0.1) is 0 Å². The van der Waals surface area contributed by atoms with E-state index in [-0.39, 0.29) is 35.5 Å². The van der Waals surface area contributed by atoms with E-state index in [1.807, 2.05) is 30.3 Å². The molecule has 2 amide bonds. The van der Waals surface area contributed by atoms with Crippen molar-refractivity contribution in [2.45, 2.75) is 62.6 Å². The van der Waals surface area contributed by atoms with Gasteiger partial charge in [-0.3, -0.25) is 13.9 Å². The molecule has 0 radical (unpaired) electrons. The smallest absolute Gasteiger partial charge is 0.264 e. The molecular formula is C36H36Cl3N3O4S. The van der Waals surface area contributed by atoms with Crippen molar-refractivity contribution in [3.05, 3.63) is 129 Å². The number of anilines is 1. The predicted molar refractivity (Wildman–Crippen MR) is 189 cm³/mol. The molecule has 4 aromatic rings. The number of nitrogens with zero attached hydrogens (tertiary/aromatic N) is 2. The summed E-state index contributed by atoms with van der Waals surface area (Å²) in [5.41, 5.74) is 2.02. The highest BCUT2D eigenvalue weighted by Crippen LogP contribution is 2.32. The van der Waals surface area contributed by atoms with E-state index in [2.05, 4.69) is 5.32 Å². The van der Waals surface area contributed by atoms with Crippen molar-refractivity contribution < 1.29 is 18.0 Å². The molecule has 11 heteroatoms. The number of rotatable bonds is 12. The van der Waals surface area contributed by atoms with Crippen LogP contribution in [-0.4, -0.2) is 43.8 Å². The first kappa shape index (κ1) is 34.8. The zero-order chi connectivity index (χ0) is 33.6. The molecule has 0 heterocycles. The third kappa shape index (κ3) is 8.30. The lowest BCUT2D eigenvalue weighted by Gasteiger charge is -2.35. The first-order valence-electron chi connectivity index (χ1n) is 15.5. The topological polar surface area (TPSA) is 86.8 Å². The first-order chi connectivity index (χ1) is 22.6. The van der Waals surface area contributed by atoms with Gasteiger partial charge >= 0.3 is 0 Å². The zero-order valence-electron chi connectivity index (χ0n) is 25.9. The van der Waals surface area contributed by atoms with Crippen LogP contribution in [0.3, 0.4) is 0 Å². The Morgan fingerprint density at radius 1 is 0.809 bits per heavy atom. The highest BCUT2D eigenvalue weighted by atomic mass is 35.5. The van der Waals surface area contributed by atoms with Crippen LogP contribution in [0.2, 0.25) is 15.1 Å². The Kier molecular flexibility index (Phi) is 11.5. The standard InChI is InChI=1S/C36H36Cl3N3O4S/c1-25-30(37)18-11-21-33(25)42(47(45,46)28-16-6-3-7-17-28)24-35(43)41(23-29-31(38)19-10-20-32(29)39)34(22-26-12-4-2-5-13-26)36(44)40-27-14-8-9-15-27/h2-7,10-13,16-21,27,34H,8-9,14-15,22-24H2,1H3,(H,40,44)/t34-/m0/s1. The number of hydrogen-bond donors (Lipinski definition) is 1. The fraction of sp³-hybridized carbons (Fsp3) is 0.278. The fourth-order valence-corrected chi connectivity index (χ4v) is 8.05. The molecule has 1 aliphatic rings. The van der Waals surface area contributed by atoms with Gasteiger partial charge in [-0.05, 0) is 67.3 Å². The Bertz CT molecular complexity index is 1800. The predicted octanol–water partition coefficient (Wildman–Crippen LogP) is 7.85. The highest BCUT2D eigenvalue weighted by Gasteiger charge is 2.36. The van der Waals surface area contributed by atoms with Gasteiger partial charge in [0, 0.05) is 39.6 Å². The number of halogens is 3. The number of nitrogens with one attached hydrogen (secondary N) is 1. The SMILES string of the molecule is Cc1c(Cl)cccc1N(CC(=O)N(Cc1c(Cl)cccc1Cl)[C@@H](Cc1ccccc1)C(=O)NC1CCCC1)S(=O)(=O)c1ccccc1. The molecule has 4 aromatic carbocycles. The van der Waals surface area contributed by atoms with Crippen LogP contribution >= 0.6 is 34.8 Å². The summed E-state index contributed by atoms with van der Waals surface area (Å²) in [4.78, 5) is 30.3. The van der Waals surface area contributed by atoms with Gasteiger partial charge in [0.05, 0.1) is 10.6 Å². The molecule has 5 rings (SSSR count). The molecule has 1 aliphatic carbocycles. The van der Waals surface area contributed by atoms with Gasteiger partial charge in [-0.25, -0.2) is 8.42 Å². The summed E-state index contributed by atoms with van der Waals surface area (Å²) < 4.78 is 29.5. The van der Waals surface area contributed by atoms with Crippen LogP contribution in [-0.2, 0) is 32.6 Å².